The smallest absolute Gasteiger partial charge is 0.560 e. The summed E-state index contributed by atoms with van der Waals surface area (Å²) >= 11 is 0. The second-order valence-corrected chi connectivity index (χ2v) is 16.1. The van der Waals surface area contributed by atoms with Crippen LogP contribution in [0.15, 0.2) is 30.3 Å². The lowest BCUT2D eigenvalue weighted by molar-refractivity contribution is -0.981. The van der Waals surface area contributed by atoms with Crippen LogP contribution in [0.2, 0.25) is 0 Å². The van der Waals surface area contributed by atoms with E-state index in [0.717, 1.165) is 33.3 Å². The van der Waals surface area contributed by atoms with Crippen molar-refractivity contribution < 1.29 is 116 Å². The third-order valence-electron chi connectivity index (χ3n) is 5.85. The second kappa shape index (κ2) is 29.3. The van der Waals surface area contributed by atoms with Crippen molar-refractivity contribution in [2.24, 2.45) is 0 Å². The maximum Gasteiger partial charge on any atom is 0.560 e. The van der Waals surface area contributed by atoms with E-state index in [0.29, 0.717) is 6.07 Å². The molecule has 0 aliphatic carbocycles. The fourth-order valence-electron chi connectivity index (χ4n) is 3.66. The highest BCUT2D eigenvalue weighted by atomic mass is 19.4. The molecule has 0 saturated heterocycles. The Labute approximate surface area is 363 Å². The molecule has 0 spiro atoms. The lowest BCUT2D eigenvalue weighted by atomic mass is 10.0. The number of nitrogens with zero attached hydrogens (tertiary/aromatic N) is 5. The molecule has 5 nitrogen and oxygen atoms in total. The molecule has 0 fully saturated rings. The number of aromatic nitrogens is 1. The van der Waals surface area contributed by atoms with E-state index >= 15 is 0 Å². The number of quaternary nitrogens is 4. The van der Waals surface area contributed by atoms with E-state index in [2.05, 4.69) is 4.98 Å². The highest BCUT2D eigenvalue weighted by molar-refractivity contribution is 5.33. The van der Waals surface area contributed by atoms with Crippen molar-refractivity contribution in [1.29, 1.82) is 0 Å². The molecule has 394 valence electrons. The molecule has 1 heterocycles. The Balaban J connectivity index is -0.0000000657. The first-order valence-corrected chi connectivity index (χ1v) is 15.3. The minimum Gasteiger partial charge on any atom is -1.00 e. The Morgan fingerprint density at radius 2 is 0.672 bits per heavy atom. The molecule has 2 aromatic rings. The molecule has 1 aromatic heterocycles. The normalized spacial score (nSPS) is 11.9. The van der Waals surface area contributed by atoms with Gasteiger partial charge in [-0.3, -0.25) is 0 Å². The largest absolute Gasteiger partial charge is 1.00 e. The second-order valence-electron chi connectivity index (χ2n) is 16.1. The van der Waals surface area contributed by atoms with Gasteiger partial charge in [0.1, 0.15) is 18.8 Å². The van der Waals surface area contributed by atoms with Crippen molar-refractivity contribution in [3.05, 3.63) is 64.0 Å². The van der Waals surface area contributed by atoms with Crippen LogP contribution in [0.4, 0.5) is 79.0 Å². The van der Waals surface area contributed by atoms with E-state index in [9.17, 15) is 79.0 Å². The highest BCUT2D eigenvalue weighted by Gasteiger charge is 2.45. The molecule has 0 aliphatic rings. The average molecular weight is 1000 g/mol. The van der Waals surface area contributed by atoms with Crippen LogP contribution in [0, 0.1) is 0 Å². The number of benzene rings is 1. The van der Waals surface area contributed by atoms with Gasteiger partial charge in [-0.15, -0.1) is 13.2 Å². The zero-order valence-electron chi connectivity index (χ0n) is 33.6. The van der Waals surface area contributed by atoms with Gasteiger partial charge in [0.15, 0.2) is 6.54 Å². The maximum atomic E-state index is 12.6. The Kier molecular flexibility index (Phi) is 40.1. The van der Waals surface area contributed by atoms with Gasteiger partial charge in [0.25, 0.3) is 0 Å². The maximum absolute atomic E-state index is 12.6. The molecule has 0 aliphatic heterocycles. The highest BCUT2D eigenvalue weighted by Crippen LogP contribution is 2.37. The zero-order chi connectivity index (χ0) is 44.8. The molecular formula is C37H67F22N5. The minimum absolute atomic E-state index is 0. The summed E-state index contributed by atoms with van der Waals surface area (Å²) in [6.07, 6.45) is -27.5. The third kappa shape index (κ3) is 40.2. The first kappa shape index (κ1) is 87.6. The molecule has 0 N–H and O–H groups in total. The Bertz CT molecular complexity index is 1310. The summed E-state index contributed by atoms with van der Waals surface area (Å²) in [5.74, 6) is 0. The van der Waals surface area contributed by atoms with Crippen molar-refractivity contribution in [1.82, 2.24) is 4.98 Å². The SMILES string of the molecule is C.C.C.C.C.C[N+](C)(C)C(F)(F)F.C[N+](C)(C)CC(F)(F)F.C[N+](C)(C)Cc1cc(C(F)(F)F)cc(C(F)(F)F)c1.C[N+](C)(C)Cc1cc(C(F)(F)F)cc(C(F)(F)F)n1.[F-].[F-].[F-].[F-]. The van der Waals surface area contributed by atoms with Crippen LogP contribution in [0.5, 0.6) is 0 Å². The fraction of sp³-hybridized carbons (Fsp3) is 0.703. The topological polar surface area (TPSA) is 12.9 Å². The van der Waals surface area contributed by atoms with Gasteiger partial charge in [0, 0.05) is 5.56 Å². The average Bonchev–Trinajstić information content (AvgIpc) is 2.82. The van der Waals surface area contributed by atoms with E-state index in [1.165, 1.54) is 21.1 Å². The van der Waals surface area contributed by atoms with Gasteiger partial charge < -0.3 is 32.3 Å². The monoisotopic (exact) mass is 1000 g/mol. The summed E-state index contributed by atoms with van der Waals surface area (Å²) in [5, 5.41) is 0. The zero-order valence-corrected chi connectivity index (χ0v) is 33.6. The molecule has 64 heavy (non-hydrogen) atoms. The van der Waals surface area contributed by atoms with Crippen LogP contribution in [0.1, 0.15) is 70.8 Å². The van der Waals surface area contributed by atoms with Crippen molar-refractivity contribution in [3.63, 3.8) is 0 Å². The number of rotatable bonds is 5. The van der Waals surface area contributed by atoms with Gasteiger partial charge in [-0.1, -0.05) is 37.1 Å². The third-order valence-corrected chi connectivity index (χ3v) is 5.85. The van der Waals surface area contributed by atoms with Gasteiger partial charge in [0.05, 0.1) is 107 Å². The predicted octanol–water partition coefficient (Wildman–Crippen LogP) is 0.920. The molecular weight excluding hydrogens is 932 g/mol. The lowest BCUT2D eigenvalue weighted by Crippen LogP contribution is -3.00. The first-order valence-electron chi connectivity index (χ1n) is 15.3. The molecule has 27 heteroatoms. The van der Waals surface area contributed by atoms with Gasteiger partial charge in [0.2, 0.25) is 0 Å². The van der Waals surface area contributed by atoms with Crippen LogP contribution in [-0.2, 0) is 37.8 Å². The molecule has 0 bridgehead atoms. The number of pyridine rings is 1. The first-order chi connectivity index (χ1) is 23.5. The van der Waals surface area contributed by atoms with Crippen molar-refractivity contribution in [3.8, 4) is 0 Å². The Morgan fingerprint density at radius 1 is 0.391 bits per heavy atom. The van der Waals surface area contributed by atoms with Crippen molar-refractivity contribution in [2.45, 2.75) is 87.4 Å². The molecule has 0 atom stereocenters. The number of alkyl halides is 18. The Hall–Kier alpha value is -3.33. The van der Waals surface area contributed by atoms with E-state index < -0.39 is 70.6 Å². The fourth-order valence-corrected chi connectivity index (χ4v) is 3.66. The van der Waals surface area contributed by atoms with E-state index in [-0.39, 0.29) is 106 Å². The lowest BCUT2D eigenvalue weighted by Gasteiger charge is -2.25. The standard InChI is InChI=1S/C12H14F6N.C11H13F6N2.C5H11F3N.C4H9F3N.5CH4.4FH/c1-19(2,3)7-8-4-9(11(13,14)15)6-10(5-8)12(16,17)18;1-19(2,3)6-8-4-7(10(12,13)14)5-9(18-8)11(15,16)17;1-9(2,3)4-5(6,7)8;1-8(2,3)4(5,6)7;;;;;;;;;/h4-6H,7H2,1-3H3;4-5H,6H2,1-3H3;4H2,1-3H3;1-3H3;5*1H4;4*1H/q4*+1;;;;;;;;;/p-4. The number of hydrogen-bond acceptors (Lipinski definition) is 1. The summed E-state index contributed by atoms with van der Waals surface area (Å²) in [6.45, 7) is -0.729. The Morgan fingerprint density at radius 3 is 0.859 bits per heavy atom. The molecule has 0 saturated carbocycles. The van der Waals surface area contributed by atoms with E-state index in [1.807, 2.05) is 0 Å². The van der Waals surface area contributed by atoms with E-state index in [4.69, 9.17) is 0 Å². The van der Waals surface area contributed by atoms with Gasteiger partial charge in [-0.2, -0.15) is 65.9 Å². The molecule has 2 rings (SSSR count). The van der Waals surface area contributed by atoms with Gasteiger partial charge in [-0.05, 0) is 30.3 Å². The summed E-state index contributed by atoms with van der Waals surface area (Å²) in [5.41, 5.74) is -5.63. The van der Waals surface area contributed by atoms with Crippen LogP contribution in [0.25, 0.3) is 0 Å². The van der Waals surface area contributed by atoms with E-state index in [1.54, 1.807) is 42.3 Å². The number of hydrogen-bond donors (Lipinski definition) is 0. The van der Waals surface area contributed by atoms with Crippen LogP contribution >= 0.6 is 0 Å². The summed E-state index contributed by atoms with van der Waals surface area (Å²) < 4.78 is 219. The quantitative estimate of drug-likeness (QED) is 0.247. The summed E-state index contributed by atoms with van der Waals surface area (Å²) in [7, 11) is 17.8. The van der Waals surface area contributed by atoms with Crippen molar-refractivity contribution in [2.75, 3.05) is 91.1 Å². The van der Waals surface area contributed by atoms with Crippen LogP contribution in [0.3, 0.4) is 0 Å². The molecule has 1 aromatic carbocycles. The summed E-state index contributed by atoms with van der Waals surface area (Å²) in [6, 6.07) is 2.34. The van der Waals surface area contributed by atoms with Crippen LogP contribution in [-0.4, -0.2) is 127 Å². The predicted molar refractivity (Wildman–Crippen MR) is 201 cm³/mol. The van der Waals surface area contributed by atoms with Gasteiger partial charge in [-0.25, -0.2) is 9.47 Å². The van der Waals surface area contributed by atoms with Crippen LogP contribution < -0.4 is 18.8 Å². The molecule has 0 amide bonds. The molecule has 0 unspecified atom stereocenters. The molecule has 0 radical (unpaired) electrons. The minimum atomic E-state index is -4.90. The number of halogens is 22. The van der Waals surface area contributed by atoms with Gasteiger partial charge >= 0.3 is 37.2 Å². The van der Waals surface area contributed by atoms with Crippen molar-refractivity contribution >= 4 is 0 Å². The summed E-state index contributed by atoms with van der Waals surface area (Å²) in [4.78, 5) is 3.26.